The first kappa shape index (κ1) is 13.0. The van der Waals surface area contributed by atoms with Gasteiger partial charge in [-0.25, -0.2) is 0 Å². The Bertz CT molecular complexity index is 391. The van der Waals surface area contributed by atoms with Gasteiger partial charge in [0.05, 0.1) is 11.3 Å². The molecular formula is C13H22N2OS. The standard InChI is InChI=1S/C13H22N2OS/c1-4-11-8-12(15(3)14-11)9-13(16)6-5-7-17-10(13)2/h8,10,16H,4-7,9H2,1-3H3. The SMILES string of the molecule is CCc1cc(CC2(O)CCCSC2C)n(C)n1. The second-order valence-electron chi connectivity index (χ2n) is 5.00. The summed E-state index contributed by atoms with van der Waals surface area (Å²) in [7, 11) is 1.97. The zero-order chi connectivity index (χ0) is 12.5. The van der Waals surface area contributed by atoms with Crippen molar-refractivity contribution in [3.05, 3.63) is 17.5 Å². The molecule has 1 aliphatic rings. The van der Waals surface area contributed by atoms with E-state index < -0.39 is 5.60 Å². The van der Waals surface area contributed by atoms with E-state index in [2.05, 4.69) is 25.0 Å². The zero-order valence-electron chi connectivity index (χ0n) is 10.9. The Kier molecular flexibility index (Phi) is 3.83. The molecule has 0 aliphatic carbocycles. The molecule has 2 heterocycles. The number of rotatable bonds is 3. The normalized spacial score (nSPS) is 29.5. The predicted octanol–water partition coefficient (Wildman–Crippen LogP) is 2.17. The molecule has 1 aliphatic heterocycles. The van der Waals surface area contributed by atoms with Crippen molar-refractivity contribution in [3.8, 4) is 0 Å². The minimum absolute atomic E-state index is 0.316. The van der Waals surface area contributed by atoms with E-state index in [-0.39, 0.29) is 0 Å². The fraction of sp³-hybridized carbons (Fsp3) is 0.769. The maximum Gasteiger partial charge on any atom is 0.0818 e. The van der Waals surface area contributed by atoms with Crippen molar-refractivity contribution in [3.63, 3.8) is 0 Å². The topological polar surface area (TPSA) is 38.0 Å². The van der Waals surface area contributed by atoms with Crippen molar-refractivity contribution in [2.75, 3.05) is 5.75 Å². The van der Waals surface area contributed by atoms with Crippen LogP contribution in [0.2, 0.25) is 0 Å². The van der Waals surface area contributed by atoms with E-state index in [1.165, 1.54) is 5.75 Å². The largest absolute Gasteiger partial charge is 0.388 e. The number of aryl methyl sites for hydroxylation is 2. The van der Waals surface area contributed by atoms with Gasteiger partial charge in [-0.3, -0.25) is 4.68 Å². The molecule has 2 unspecified atom stereocenters. The predicted molar refractivity (Wildman–Crippen MR) is 72.4 cm³/mol. The van der Waals surface area contributed by atoms with E-state index in [4.69, 9.17) is 0 Å². The maximum atomic E-state index is 10.7. The summed E-state index contributed by atoms with van der Waals surface area (Å²) in [5, 5.41) is 15.5. The lowest BCUT2D eigenvalue weighted by molar-refractivity contribution is 0.0280. The van der Waals surface area contributed by atoms with E-state index in [0.717, 1.165) is 37.1 Å². The van der Waals surface area contributed by atoms with Gasteiger partial charge in [-0.15, -0.1) is 0 Å². The summed E-state index contributed by atoms with van der Waals surface area (Å²) in [6.45, 7) is 4.25. The van der Waals surface area contributed by atoms with Crippen LogP contribution in [0.25, 0.3) is 0 Å². The Hall–Kier alpha value is -0.480. The van der Waals surface area contributed by atoms with Gasteiger partial charge in [0.25, 0.3) is 0 Å². The third kappa shape index (κ3) is 2.68. The van der Waals surface area contributed by atoms with Gasteiger partial charge in [-0.1, -0.05) is 13.8 Å². The average Bonchev–Trinajstić information content (AvgIpc) is 2.64. The van der Waals surface area contributed by atoms with Gasteiger partial charge in [-0.05, 0) is 31.1 Å². The molecule has 2 atom stereocenters. The van der Waals surface area contributed by atoms with Gasteiger partial charge in [0, 0.05) is 24.4 Å². The highest BCUT2D eigenvalue weighted by Gasteiger charge is 2.37. The zero-order valence-corrected chi connectivity index (χ0v) is 11.8. The van der Waals surface area contributed by atoms with Crippen LogP contribution in [0.5, 0.6) is 0 Å². The molecule has 1 fully saturated rings. The molecule has 1 N–H and O–H groups in total. The van der Waals surface area contributed by atoms with Gasteiger partial charge >= 0.3 is 0 Å². The van der Waals surface area contributed by atoms with Crippen LogP contribution < -0.4 is 0 Å². The fourth-order valence-electron chi connectivity index (χ4n) is 2.45. The van der Waals surface area contributed by atoms with Crippen LogP contribution in [0.3, 0.4) is 0 Å². The second kappa shape index (κ2) is 5.02. The number of thioether (sulfide) groups is 1. The molecule has 1 aromatic rings. The van der Waals surface area contributed by atoms with Gasteiger partial charge < -0.3 is 5.11 Å². The summed E-state index contributed by atoms with van der Waals surface area (Å²) in [4.78, 5) is 0. The summed E-state index contributed by atoms with van der Waals surface area (Å²) >= 11 is 1.88. The molecule has 17 heavy (non-hydrogen) atoms. The molecule has 1 saturated heterocycles. The maximum absolute atomic E-state index is 10.7. The third-order valence-electron chi connectivity index (χ3n) is 3.76. The third-order valence-corrected chi connectivity index (χ3v) is 5.22. The number of hydrogen-bond donors (Lipinski definition) is 1. The Morgan fingerprint density at radius 2 is 2.41 bits per heavy atom. The van der Waals surface area contributed by atoms with Crippen molar-refractivity contribution in [1.29, 1.82) is 0 Å². The molecule has 0 spiro atoms. The number of aromatic nitrogens is 2. The highest BCUT2D eigenvalue weighted by atomic mass is 32.2. The summed E-state index contributed by atoms with van der Waals surface area (Å²) in [6.07, 6.45) is 3.71. The van der Waals surface area contributed by atoms with Crippen LogP contribution in [-0.2, 0) is 19.9 Å². The van der Waals surface area contributed by atoms with Crippen LogP contribution >= 0.6 is 11.8 Å². The van der Waals surface area contributed by atoms with Crippen molar-refractivity contribution in [2.24, 2.45) is 7.05 Å². The molecule has 0 saturated carbocycles. The molecule has 0 amide bonds. The number of hydrogen-bond acceptors (Lipinski definition) is 3. The Balaban J connectivity index is 2.15. The molecular weight excluding hydrogens is 232 g/mol. The molecule has 2 rings (SSSR count). The molecule has 1 aromatic heterocycles. The first-order valence-corrected chi connectivity index (χ1v) is 7.46. The minimum atomic E-state index is -0.554. The first-order valence-electron chi connectivity index (χ1n) is 6.41. The molecule has 4 heteroatoms. The summed E-state index contributed by atoms with van der Waals surface area (Å²) < 4.78 is 1.92. The monoisotopic (exact) mass is 254 g/mol. The van der Waals surface area contributed by atoms with Crippen LogP contribution in [0.4, 0.5) is 0 Å². The lowest BCUT2D eigenvalue weighted by Gasteiger charge is -2.37. The van der Waals surface area contributed by atoms with Crippen molar-refractivity contribution >= 4 is 11.8 Å². The highest BCUT2D eigenvalue weighted by molar-refractivity contribution is 8.00. The van der Waals surface area contributed by atoms with E-state index in [0.29, 0.717) is 5.25 Å². The highest BCUT2D eigenvalue weighted by Crippen LogP contribution is 2.36. The van der Waals surface area contributed by atoms with Crippen LogP contribution in [0.15, 0.2) is 6.07 Å². The summed E-state index contributed by atoms with van der Waals surface area (Å²) in [5.41, 5.74) is 1.71. The van der Waals surface area contributed by atoms with Crippen LogP contribution in [-0.4, -0.2) is 31.5 Å². The lowest BCUT2D eigenvalue weighted by Crippen LogP contribution is -2.44. The van der Waals surface area contributed by atoms with Crippen molar-refractivity contribution in [1.82, 2.24) is 9.78 Å². The van der Waals surface area contributed by atoms with Crippen molar-refractivity contribution in [2.45, 2.75) is 50.4 Å². The van der Waals surface area contributed by atoms with Crippen LogP contribution in [0, 0.1) is 0 Å². The average molecular weight is 254 g/mol. The minimum Gasteiger partial charge on any atom is -0.388 e. The Labute approximate surface area is 108 Å². The Morgan fingerprint density at radius 1 is 1.65 bits per heavy atom. The van der Waals surface area contributed by atoms with Crippen LogP contribution in [0.1, 0.15) is 38.1 Å². The van der Waals surface area contributed by atoms with E-state index >= 15 is 0 Å². The van der Waals surface area contributed by atoms with Gasteiger partial charge in [0.1, 0.15) is 0 Å². The van der Waals surface area contributed by atoms with Gasteiger partial charge in [0.2, 0.25) is 0 Å². The van der Waals surface area contributed by atoms with Gasteiger partial charge in [0.15, 0.2) is 0 Å². The fourth-order valence-corrected chi connectivity index (χ4v) is 3.63. The molecule has 0 bridgehead atoms. The van der Waals surface area contributed by atoms with E-state index in [1.54, 1.807) is 0 Å². The first-order chi connectivity index (χ1) is 8.05. The Morgan fingerprint density at radius 3 is 3.00 bits per heavy atom. The van der Waals surface area contributed by atoms with Crippen molar-refractivity contribution < 1.29 is 5.11 Å². The van der Waals surface area contributed by atoms with Gasteiger partial charge in [-0.2, -0.15) is 16.9 Å². The molecule has 3 nitrogen and oxygen atoms in total. The molecule has 0 aromatic carbocycles. The summed E-state index contributed by atoms with van der Waals surface area (Å²) in [5.74, 6) is 1.18. The number of nitrogens with zero attached hydrogens (tertiary/aromatic N) is 2. The quantitative estimate of drug-likeness (QED) is 0.898. The smallest absolute Gasteiger partial charge is 0.0818 e. The second-order valence-corrected chi connectivity index (χ2v) is 6.45. The lowest BCUT2D eigenvalue weighted by atomic mass is 9.88. The van der Waals surface area contributed by atoms with E-state index in [9.17, 15) is 5.11 Å². The molecule has 0 radical (unpaired) electrons. The molecule has 96 valence electrons. The number of aliphatic hydroxyl groups is 1. The summed E-state index contributed by atoms with van der Waals surface area (Å²) in [6, 6.07) is 2.13. The van der Waals surface area contributed by atoms with E-state index in [1.807, 2.05) is 23.5 Å².